The molecule has 1 aromatic rings. The van der Waals surface area contributed by atoms with E-state index in [4.69, 9.17) is 5.11 Å². The monoisotopic (exact) mass is 268 g/mol. The van der Waals surface area contributed by atoms with Crippen molar-refractivity contribution in [2.24, 2.45) is 0 Å². The molecular formula is C12H16N2O5. The second-order valence-electron chi connectivity index (χ2n) is 3.85. The van der Waals surface area contributed by atoms with Crippen LogP contribution in [0.1, 0.15) is 6.42 Å². The second-order valence-corrected chi connectivity index (χ2v) is 3.85. The van der Waals surface area contributed by atoms with Crippen molar-refractivity contribution in [3.05, 3.63) is 34.7 Å². The largest absolute Gasteiger partial charge is 0.479 e. The molecule has 1 unspecified atom stereocenters. The Morgan fingerprint density at radius 1 is 1.47 bits per heavy atom. The minimum Gasteiger partial charge on any atom is -0.479 e. The van der Waals surface area contributed by atoms with Crippen molar-refractivity contribution in [2.75, 3.05) is 13.7 Å². The second kappa shape index (κ2) is 7.32. The van der Waals surface area contributed by atoms with Crippen molar-refractivity contribution in [3.8, 4) is 0 Å². The highest BCUT2D eigenvalue weighted by molar-refractivity contribution is 5.78. The van der Waals surface area contributed by atoms with Gasteiger partial charge in [0.25, 0.3) is 5.56 Å². The van der Waals surface area contributed by atoms with Crippen molar-refractivity contribution >= 4 is 11.9 Å². The van der Waals surface area contributed by atoms with E-state index in [0.29, 0.717) is 0 Å². The molecule has 0 saturated heterocycles. The van der Waals surface area contributed by atoms with Gasteiger partial charge in [-0.05, 0) is 6.07 Å². The molecule has 1 amide bonds. The smallest absolute Gasteiger partial charge is 0.334 e. The lowest BCUT2D eigenvalue weighted by molar-refractivity contribution is -0.148. The zero-order valence-electron chi connectivity index (χ0n) is 10.5. The van der Waals surface area contributed by atoms with Crippen LogP contribution in [0.2, 0.25) is 0 Å². The van der Waals surface area contributed by atoms with Crippen molar-refractivity contribution in [1.82, 2.24) is 9.88 Å². The minimum absolute atomic E-state index is 0.0972. The van der Waals surface area contributed by atoms with Crippen LogP contribution in [-0.4, -0.2) is 41.3 Å². The molecule has 0 radical (unpaired) electrons. The molecule has 0 aromatic carbocycles. The molecular weight excluding hydrogens is 252 g/mol. The molecule has 104 valence electrons. The van der Waals surface area contributed by atoms with E-state index in [0.717, 1.165) is 0 Å². The summed E-state index contributed by atoms with van der Waals surface area (Å²) >= 11 is 0. The van der Waals surface area contributed by atoms with E-state index >= 15 is 0 Å². The van der Waals surface area contributed by atoms with Crippen LogP contribution in [0.4, 0.5) is 0 Å². The summed E-state index contributed by atoms with van der Waals surface area (Å²) < 4.78 is 6.08. The van der Waals surface area contributed by atoms with E-state index in [9.17, 15) is 14.4 Å². The zero-order chi connectivity index (χ0) is 14.3. The van der Waals surface area contributed by atoms with Crippen molar-refractivity contribution < 1.29 is 19.4 Å². The summed E-state index contributed by atoms with van der Waals surface area (Å²) in [7, 11) is 1.26. The van der Waals surface area contributed by atoms with Crippen LogP contribution in [0.5, 0.6) is 0 Å². The fourth-order valence-electron chi connectivity index (χ4n) is 1.43. The number of aliphatic carboxylic acids is 1. The summed E-state index contributed by atoms with van der Waals surface area (Å²) in [5.41, 5.74) is -0.185. The van der Waals surface area contributed by atoms with Gasteiger partial charge in [-0.15, -0.1) is 0 Å². The number of pyridine rings is 1. The minimum atomic E-state index is -1.14. The lowest BCUT2D eigenvalue weighted by atomic mass is 10.3. The Bertz CT molecular complexity index is 497. The molecule has 0 aliphatic heterocycles. The third kappa shape index (κ3) is 4.92. The molecule has 0 spiro atoms. The number of hydrogen-bond acceptors (Lipinski definition) is 4. The number of methoxy groups -OCH3 is 1. The van der Waals surface area contributed by atoms with Gasteiger partial charge in [-0.2, -0.15) is 0 Å². The maximum atomic E-state index is 11.5. The van der Waals surface area contributed by atoms with E-state index in [1.165, 1.54) is 17.7 Å². The van der Waals surface area contributed by atoms with Gasteiger partial charge in [-0.25, -0.2) is 4.79 Å². The number of ether oxygens (including phenoxy) is 1. The number of amides is 1. The molecule has 0 aliphatic carbocycles. The van der Waals surface area contributed by atoms with Crippen LogP contribution in [0.25, 0.3) is 0 Å². The molecule has 7 nitrogen and oxygen atoms in total. The molecule has 0 fully saturated rings. The molecule has 1 atom stereocenters. The molecule has 7 heteroatoms. The number of carboxylic acids is 1. The van der Waals surface area contributed by atoms with Gasteiger partial charge in [-0.3, -0.25) is 9.59 Å². The van der Waals surface area contributed by atoms with E-state index in [1.807, 2.05) is 0 Å². The fraction of sp³-hybridized carbons (Fsp3) is 0.417. The zero-order valence-corrected chi connectivity index (χ0v) is 10.5. The Hall–Kier alpha value is -2.15. The van der Waals surface area contributed by atoms with Gasteiger partial charge < -0.3 is 19.7 Å². The third-order valence-electron chi connectivity index (χ3n) is 2.52. The van der Waals surface area contributed by atoms with Crippen LogP contribution in [-0.2, 0) is 20.9 Å². The van der Waals surface area contributed by atoms with Crippen molar-refractivity contribution in [2.45, 2.75) is 19.1 Å². The summed E-state index contributed by atoms with van der Waals surface area (Å²) in [6.07, 6.45) is 0.619. The van der Waals surface area contributed by atoms with E-state index < -0.39 is 12.1 Å². The number of hydrogen-bond donors (Lipinski definition) is 2. The molecule has 1 rings (SSSR count). The summed E-state index contributed by atoms with van der Waals surface area (Å²) in [6, 6.07) is 4.73. The average Bonchev–Trinajstić information content (AvgIpc) is 2.38. The van der Waals surface area contributed by atoms with Crippen LogP contribution in [0, 0.1) is 0 Å². The first kappa shape index (κ1) is 14.9. The highest BCUT2D eigenvalue weighted by Gasteiger charge is 2.16. The van der Waals surface area contributed by atoms with Gasteiger partial charge in [-0.1, -0.05) is 6.07 Å². The third-order valence-corrected chi connectivity index (χ3v) is 2.52. The standard InChI is InChI=1S/C12H16N2O5/c1-19-9(12(17)18)8-13-10(15)5-7-14-6-3-2-4-11(14)16/h2-4,6,9H,5,7-8H2,1H3,(H,13,15)(H,17,18). The number of carbonyl (C=O) groups is 2. The predicted molar refractivity (Wildman–Crippen MR) is 66.8 cm³/mol. The highest BCUT2D eigenvalue weighted by Crippen LogP contribution is 1.91. The molecule has 19 heavy (non-hydrogen) atoms. The maximum Gasteiger partial charge on any atom is 0.334 e. The number of nitrogens with zero attached hydrogens (tertiary/aromatic N) is 1. The first-order valence-corrected chi connectivity index (χ1v) is 5.72. The summed E-state index contributed by atoms with van der Waals surface area (Å²) in [4.78, 5) is 33.5. The predicted octanol–water partition coefficient (Wildman–Crippen LogP) is -0.546. The Kier molecular flexibility index (Phi) is 5.74. The van der Waals surface area contributed by atoms with Gasteiger partial charge in [0.05, 0.1) is 6.54 Å². The maximum absolute atomic E-state index is 11.5. The van der Waals surface area contributed by atoms with Crippen LogP contribution in [0.15, 0.2) is 29.2 Å². The highest BCUT2D eigenvalue weighted by atomic mass is 16.5. The molecule has 2 N–H and O–H groups in total. The van der Waals surface area contributed by atoms with Crippen molar-refractivity contribution in [3.63, 3.8) is 0 Å². The number of nitrogens with one attached hydrogen (secondary N) is 1. The Morgan fingerprint density at radius 3 is 2.79 bits per heavy atom. The van der Waals surface area contributed by atoms with Crippen LogP contribution >= 0.6 is 0 Å². The quantitative estimate of drug-likeness (QED) is 0.691. The SMILES string of the molecule is COC(CNC(=O)CCn1ccccc1=O)C(=O)O. The Balaban J connectivity index is 2.38. The number of aryl methyl sites for hydroxylation is 1. The summed E-state index contributed by atoms with van der Waals surface area (Å²) in [5, 5.41) is 11.2. The lowest BCUT2D eigenvalue weighted by Gasteiger charge is -2.11. The molecule has 0 aliphatic rings. The van der Waals surface area contributed by atoms with Gasteiger partial charge in [0, 0.05) is 32.3 Å². The van der Waals surface area contributed by atoms with Crippen LogP contribution < -0.4 is 10.9 Å². The van der Waals surface area contributed by atoms with E-state index in [-0.39, 0.29) is 31.0 Å². The normalized spacial score (nSPS) is 11.8. The van der Waals surface area contributed by atoms with Crippen LogP contribution in [0.3, 0.4) is 0 Å². The van der Waals surface area contributed by atoms with Gasteiger partial charge in [0.1, 0.15) is 0 Å². The van der Waals surface area contributed by atoms with Gasteiger partial charge in [0.15, 0.2) is 6.10 Å². The number of aromatic nitrogens is 1. The molecule has 1 aromatic heterocycles. The Labute approximate surface area is 109 Å². The van der Waals surface area contributed by atoms with E-state index in [2.05, 4.69) is 10.1 Å². The molecule has 0 saturated carbocycles. The Morgan fingerprint density at radius 2 is 2.21 bits per heavy atom. The average molecular weight is 268 g/mol. The number of carboxylic acid groups (broad SMARTS) is 1. The topological polar surface area (TPSA) is 97.6 Å². The number of rotatable bonds is 7. The molecule has 1 heterocycles. The lowest BCUT2D eigenvalue weighted by Crippen LogP contribution is -2.38. The van der Waals surface area contributed by atoms with Gasteiger partial charge in [0.2, 0.25) is 5.91 Å². The van der Waals surface area contributed by atoms with E-state index in [1.54, 1.807) is 18.3 Å². The number of carbonyl (C=O) groups excluding carboxylic acids is 1. The first-order chi connectivity index (χ1) is 9.04. The first-order valence-electron chi connectivity index (χ1n) is 5.72. The summed E-state index contributed by atoms with van der Waals surface area (Å²) in [6.45, 7) is 0.143. The fourth-order valence-corrected chi connectivity index (χ4v) is 1.43. The molecule has 0 bridgehead atoms. The summed E-state index contributed by atoms with van der Waals surface area (Å²) in [5.74, 6) is -1.47. The van der Waals surface area contributed by atoms with Crippen molar-refractivity contribution in [1.29, 1.82) is 0 Å². The van der Waals surface area contributed by atoms with Gasteiger partial charge >= 0.3 is 5.97 Å².